The van der Waals surface area contributed by atoms with Crippen LogP contribution in [0.4, 0.5) is 5.69 Å². The molecule has 2 aromatic carbocycles. The second kappa shape index (κ2) is 6.95. The first-order chi connectivity index (χ1) is 11.6. The van der Waals surface area contributed by atoms with Crippen LogP contribution in [0.3, 0.4) is 0 Å². The number of hydrogen-bond acceptors (Lipinski definition) is 4. The molecule has 0 bridgehead atoms. The van der Waals surface area contributed by atoms with E-state index in [0.717, 1.165) is 42.1 Å². The van der Waals surface area contributed by atoms with Crippen molar-refractivity contribution in [3.63, 3.8) is 0 Å². The Morgan fingerprint density at radius 2 is 1.79 bits per heavy atom. The van der Waals surface area contributed by atoms with Crippen LogP contribution in [0.1, 0.15) is 32.3 Å². The fraction of sp³-hybridized carbons (Fsp3) is 0.350. The van der Waals surface area contributed by atoms with Crippen molar-refractivity contribution in [3.05, 3.63) is 60.2 Å². The predicted molar refractivity (Wildman–Crippen MR) is 97.1 cm³/mol. The van der Waals surface area contributed by atoms with E-state index in [1.165, 1.54) is 0 Å². The number of oxime groups is 1. The quantitative estimate of drug-likeness (QED) is 0.666. The summed E-state index contributed by atoms with van der Waals surface area (Å²) >= 11 is 0. The molecular formula is C20H24N2O2. The van der Waals surface area contributed by atoms with Gasteiger partial charge in [-0.1, -0.05) is 35.5 Å². The average Bonchev–Trinajstić information content (AvgIpc) is 2.61. The fourth-order valence-corrected chi connectivity index (χ4v) is 3.23. The summed E-state index contributed by atoms with van der Waals surface area (Å²) in [6.45, 7) is 5.72. The Hall–Kier alpha value is -2.49. The Morgan fingerprint density at radius 1 is 1.08 bits per heavy atom. The number of anilines is 1. The van der Waals surface area contributed by atoms with E-state index in [4.69, 9.17) is 4.74 Å². The van der Waals surface area contributed by atoms with Gasteiger partial charge >= 0.3 is 0 Å². The zero-order valence-corrected chi connectivity index (χ0v) is 14.3. The van der Waals surface area contributed by atoms with Crippen LogP contribution in [0.15, 0.2) is 59.8 Å². The van der Waals surface area contributed by atoms with Gasteiger partial charge in [0.15, 0.2) is 0 Å². The molecule has 1 saturated heterocycles. The molecule has 0 saturated carbocycles. The van der Waals surface area contributed by atoms with E-state index in [2.05, 4.69) is 48.2 Å². The molecule has 4 heteroatoms. The summed E-state index contributed by atoms with van der Waals surface area (Å²) < 4.78 is 5.85. The topological polar surface area (TPSA) is 45.1 Å². The van der Waals surface area contributed by atoms with Gasteiger partial charge in [0.2, 0.25) is 0 Å². The summed E-state index contributed by atoms with van der Waals surface area (Å²) in [6, 6.07) is 18.3. The smallest absolute Gasteiger partial charge is 0.119 e. The van der Waals surface area contributed by atoms with Crippen molar-refractivity contribution in [3.8, 4) is 5.75 Å². The van der Waals surface area contributed by atoms with E-state index in [1.807, 2.05) is 30.3 Å². The average molecular weight is 324 g/mol. The minimum absolute atomic E-state index is 0.278. The second-order valence-corrected chi connectivity index (χ2v) is 6.63. The van der Waals surface area contributed by atoms with Crippen molar-refractivity contribution < 1.29 is 9.94 Å². The van der Waals surface area contributed by atoms with Crippen LogP contribution in [0.25, 0.3) is 0 Å². The highest BCUT2D eigenvalue weighted by Crippen LogP contribution is 2.32. The van der Waals surface area contributed by atoms with Crippen LogP contribution < -0.4 is 9.64 Å². The Morgan fingerprint density at radius 3 is 2.46 bits per heavy atom. The van der Waals surface area contributed by atoms with E-state index in [1.54, 1.807) is 0 Å². The Balaban J connectivity index is 1.70. The van der Waals surface area contributed by atoms with Crippen molar-refractivity contribution in [1.29, 1.82) is 0 Å². The highest BCUT2D eigenvalue weighted by molar-refractivity contribution is 5.96. The fourth-order valence-electron chi connectivity index (χ4n) is 3.23. The number of nitrogens with zero attached hydrogens (tertiary/aromatic N) is 2. The Kier molecular flexibility index (Phi) is 4.74. The maximum Gasteiger partial charge on any atom is 0.119 e. The molecule has 0 amide bonds. The molecule has 0 radical (unpaired) electrons. The van der Waals surface area contributed by atoms with Crippen LogP contribution in [-0.4, -0.2) is 23.0 Å². The summed E-state index contributed by atoms with van der Waals surface area (Å²) in [7, 11) is 0. The van der Waals surface area contributed by atoms with Gasteiger partial charge in [0.25, 0.3) is 0 Å². The normalized spacial score (nSPS) is 18.6. The summed E-state index contributed by atoms with van der Waals surface area (Å²) in [4.78, 5) is 2.28. The number of piperidine rings is 1. The predicted octanol–water partition coefficient (Wildman–Crippen LogP) is 4.47. The molecule has 1 aliphatic rings. The third-order valence-corrected chi connectivity index (χ3v) is 4.69. The number of benzene rings is 2. The first kappa shape index (κ1) is 16.4. The van der Waals surface area contributed by atoms with E-state index >= 15 is 0 Å². The maximum absolute atomic E-state index is 9.25. The molecular weight excluding hydrogens is 300 g/mol. The minimum Gasteiger partial charge on any atom is -0.489 e. The highest BCUT2D eigenvalue weighted by atomic mass is 16.5. The van der Waals surface area contributed by atoms with Gasteiger partial charge in [-0.2, -0.15) is 0 Å². The summed E-state index contributed by atoms with van der Waals surface area (Å²) in [5.74, 6) is 0.855. The van der Waals surface area contributed by atoms with Gasteiger partial charge < -0.3 is 14.8 Å². The van der Waals surface area contributed by atoms with Gasteiger partial charge in [0, 0.05) is 12.2 Å². The van der Waals surface area contributed by atoms with Crippen molar-refractivity contribution in [2.45, 2.75) is 38.8 Å². The zero-order valence-electron chi connectivity index (χ0n) is 14.3. The molecule has 2 aromatic rings. The van der Waals surface area contributed by atoms with Crippen molar-refractivity contribution in [1.82, 2.24) is 0 Å². The molecule has 1 aliphatic heterocycles. The molecule has 1 heterocycles. The van der Waals surface area contributed by atoms with Gasteiger partial charge in [0.05, 0.1) is 11.3 Å². The molecule has 0 unspecified atom stereocenters. The minimum atomic E-state index is -0.278. The van der Waals surface area contributed by atoms with Crippen LogP contribution in [0.2, 0.25) is 0 Å². The van der Waals surface area contributed by atoms with E-state index in [9.17, 15) is 5.21 Å². The molecule has 0 aromatic heterocycles. The maximum atomic E-state index is 9.25. The Bertz CT molecular complexity index is 693. The first-order valence-electron chi connectivity index (χ1n) is 8.37. The Labute approximate surface area is 143 Å². The molecule has 0 spiro atoms. The van der Waals surface area contributed by atoms with Crippen LogP contribution >= 0.6 is 0 Å². The third kappa shape index (κ3) is 3.37. The molecule has 1 fully saturated rings. The van der Waals surface area contributed by atoms with Gasteiger partial charge in [-0.3, -0.25) is 0 Å². The van der Waals surface area contributed by atoms with Gasteiger partial charge in [-0.05, 0) is 56.5 Å². The monoisotopic (exact) mass is 324 g/mol. The van der Waals surface area contributed by atoms with E-state index < -0.39 is 0 Å². The van der Waals surface area contributed by atoms with Gasteiger partial charge in [-0.25, -0.2) is 0 Å². The molecule has 4 nitrogen and oxygen atoms in total. The van der Waals surface area contributed by atoms with Gasteiger partial charge in [0.1, 0.15) is 12.4 Å². The summed E-state index contributed by atoms with van der Waals surface area (Å²) in [6.07, 6.45) is 1.84. The third-order valence-electron chi connectivity index (χ3n) is 4.69. The lowest BCUT2D eigenvalue weighted by Gasteiger charge is -2.44. The molecule has 1 N–H and O–H groups in total. The first-order valence-corrected chi connectivity index (χ1v) is 8.37. The van der Waals surface area contributed by atoms with Crippen LogP contribution in [0, 0.1) is 0 Å². The number of ether oxygens (including phenoxy) is 1. The lowest BCUT2D eigenvalue weighted by atomic mass is 9.87. The molecule has 24 heavy (non-hydrogen) atoms. The van der Waals surface area contributed by atoms with Gasteiger partial charge in [-0.15, -0.1) is 0 Å². The molecule has 126 valence electrons. The van der Waals surface area contributed by atoms with E-state index in [0.29, 0.717) is 6.61 Å². The van der Waals surface area contributed by atoms with Crippen molar-refractivity contribution >= 4 is 11.4 Å². The largest absolute Gasteiger partial charge is 0.489 e. The van der Waals surface area contributed by atoms with Crippen molar-refractivity contribution in [2.75, 3.05) is 11.4 Å². The lowest BCUT2D eigenvalue weighted by Crippen LogP contribution is -2.54. The summed E-state index contributed by atoms with van der Waals surface area (Å²) in [5, 5.41) is 12.8. The number of rotatable bonds is 4. The second-order valence-electron chi connectivity index (χ2n) is 6.63. The zero-order chi connectivity index (χ0) is 17.0. The highest BCUT2D eigenvalue weighted by Gasteiger charge is 2.36. The SMILES string of the molecule is CC1(C)C(=NO)CCCN1c1ccc(OCc2ccccc2)cc1. The molecule has 3 rings (SSSR count). The molecule has 0 aliphatic carbocycles. The van der Waals surface area contributed by atoms with Crippen LogP contribution in [-0.2, 0) is 6.61 Å². The van der Waals surface area contributed by atoms with E-state index in [-0.39, 0.29) is 5.54 Å². The summed E-state index contributed by atoms with van der Waals surface area (Å²) in [5.41, 5.74) is 2.83. The van der Waals surface area contributed by atoms with Crippen LogP contribution in [0.5, 0.6) is 5.75 Å². The van der Waals surface area contributed by atoms with Crippen molar-refractivity contribution in [2.24, 2.45) is 5.16 Å². The lowest BCUT2D eigenvalue weighted by molar-refractivity contribution is 0.306. The molecule has 0 atom stereocenters. The number of hydrogen-bond donors (Lipinski definition) is 1. The standard InChI is InChI=1S/C20H24N2O2/c1-20(2)19(21-23)9-6-14-22(20)17-10-12-18(13-11-17)24-15-16-7-4-3-5-8-16/h3-5,7-8,10-13,23H,6,9,14-15H2,1-2H3.